The molecule has 5 nitrogen and oxygen atoms in total. The fourth-order valence-electron chi connectivity index (χ4n) is 2.76. The van der Waals surface area contributed by atoms with Gasteiger partial charge in [0.15, 0.2) is 0 Å². The Labute approximate surface area is 133 Å². The predicted octanol–water partition coefficient (Wildman–Crippen LogP) is 2.31. The number of amides is 2. The van der Waals surface area contributed by atoms with Gasteiger partial charge in [0.05, 0.1) is 5.92 Å². The van der Waals surface area contributed by atoms with Gasteiger partial charge in [0, 0.05) is 38.1 Å². The summed E-state index contributed by atoms with van der Waals surface area (Å²) in [4.78, 5) is 30.1. The summed E-state index contributed by atoms with van der Waals surface area (Å²) in [6.07, 6.45) is 3.40. The molecule has 0 spiro atoms. The van der Waals surface area contributed by atoms with Gasteiger partial charge in [-0.2, -0.15) is 0 Å². The number of hydrogen-bond donors (Lipinski definition) is 1. The Balaban J connectivity index is 1.83. The molecule has 0 fully saturated rings. The van der Waals surface area contributed by atoms with E-state index >= 15 is 0 Å². The first-order chi connectivity index (χ1) is 11.0. The SMILES string of the molecule is CN(Cc1ccncc1)C(=O)[C@@H]1CC(=O)Nc2cc(F)ccc21. The Bertz CT molecular complexity index is 749. The van der Waals surface area contributed by atoms with Gasteiger partial charge in [0.1, 0.15) is 5.82 Å². The normalized spacial score (nSPS) is 16.4. The maximum atomic E-state index is 13.3. The Hall–Kier alpha value is -2.76. The van der Waals surface area contributed by atoms with Crippen molar-refractivity contribution in [3.63, 3.8) is 0 Å². The Morgan fingerprint density at radius 1 is 1.35 bits per heavy atom. The van der Waals surface area contributed by atoms with Gasteiger partial charge in [-0.3, -0.25) is 14.6 Å². The number of benzene rings is 1. The number of carbonyl (C=O) groups excluding carboxylic acids is 2. The molecule has 1 aliphatic rings. The highest BCUT2D eigenvalue weighted by Gasteiger charge is 2.32. The summed E-state index contributed by atoms with van der Waals surface area (Å²) in [5, 5.41) is 2.62. The maximum absolute atomic E-state index is 13.3. The zero-order chi connectivity index (χ0) is 16.4. The molecule has 0 bridgehead atoms. The number of aromatic nitrogens is 1. The Morgan fingerprint density at radius 2 is 2.09 bits per heavy atom. The minimum Gasteiger partial charge on any atom is -0.341 e. The molecular formula is C17H16FN3O2. The standard InChI is InChI=1S/C17H16FN3O2/c1-21(10-11-4-6-19-7-5-11)17(23)14-9-16(22)20-15-8-12(18)2-3-13(14)15/h2-8,14H,9-10H2,1H3,(H,20,22)/t14-/m1/s1. The van der Waals surface area contributed by atoms with Crippen molar-refractivity contribution in [2.24, 2.45) is 0 Å². The highest BCUT2D eigenvalue weighted by molar-refractivity contribution is 6.01. The highest BCUT2D eigenvalue weighted by Crippen LogP contribution is 2.34. The second-order valence-electron chi connectivity index (χ2n) is 5.59. The summed E-state index contributed by atoms with van der Waals surface area (Å²) in [5.41, 5.74) is 1.98. The minimum atomic E-state index is -0.591. The molecule has 0 saturated heterocycles. The summed E-state index contributed by atoms with van der Waals surface area (Å²) in [7, 11) is 1.69. The Morgan fingerprint density at radius 3 is 2.83 bits per heavy atom. The van der Waals surface area contributed by atoms with Crippen LogP contribution in [0.1, 0.15) is 23.5 Å². The second-order valence-corrected chi connectivity index (χ2v) is 5.59. The quantitative estimate of drug-likeness (QED) is 0.946. The van der Waals surface area contributed by atoms with Crippen molar-refractivity contribution in [2.75, 3.05) is 12.4 Å². The van der Waals surface area contributed by atoms with Gasteiger partial charge in [-0.1, -0.05) is 6.07 Å². The first-order valence-electron chi connectivity index (χ1n) is 7.28. The monoisotopic (exact) mass is 313 g/mol. The van der Waals surface area contributed by atoms with E-state index in [0.29, 0.717) is 17.8 Å². The lowest BCUT2D eigenvalue weighted by molar-refractivity contribution is -0.134. The van der Waals surface area contributed by atoms with E-state index in [1.54, 1.807) is 30.4 Å². The van der Waals surface area contributed by atoms with Crippen molar-refractivity contribution in [3.8, 4) is 0 Å². The van der Waals surface area contributed by atoms with Crippen molar-refractivity contribution >= 4 is 17.5 Å². The number of carbonyl (C=O) groups is 2. The third kappa shape index (κ3) is 3.21. The van der Waals surface area contributed by atoms with E-state index in [9.17, 15) is 14.0 Å². The molecule has 3 rings (SSSR count). The summed E-state index contributed by atoms with van der Waals surface area (Å²) < 4.78 is 13.3. The van der Waals surface area contributed by atoms with Crippen LogP contribution in [-0.2, 0) is 16.1 Å². The summed E-state index contributed by atoms with van der Waals surface area (Å²) in [5.74, 6) is -1.48. The summed E-state index contributed by atoms with van der Waals surface area (Å²) >= 11 is 0. The molecule has 0 radical (unpaired) electrons. The molecule has 0 aliphatic carbocycles. The molecule has 6 heteroatoms. The fourth-order valence-corrected chi connectivity index (χ4v) is 2.76. The average Bonchev–Trinajstić information content (AvgIpc) is 2.53. The molecule has 23 heavy (non-hydrogen) atoms. The number of nitrogens with zero attached hydrogens (tertiary/aromatic N) is 2. The number of pyridine rings is 1. The van der Waals surface area contributed by atoms with Gasteiger partial charge in [-0.25, -0.2) is 4.39 Å². The van der Waals surface area contributed by atoms with E-state index in [-0.39, 0.29) is 18.2 Å². The minimum absolute atomic E-state index is 0.0676. The van der Waals surface area contributed by atoms with Crippen LogP contribution in [0.4, 0.5) is 10.1 Å². The van der Waals surface area contributed by atoms with Crippen LogP contribution in [0.15, 0.2) is 42.7 Å². The van der Waals surface area contributed by atoms with Gasteiger partial charge < -0.3 is 10.2 Å². The molecule has 2 aromatic rings. The van der Waals surface area contributed by atoms with Crippen molar-refractivity contribution < 1.29 is 14.0 Å². The second kappa shape index (κ2) is 6.16. The maximum Gasteiger partial charge on any atom is 0.230 e. The molecule has 2 amide bonds. The van der Waals surface area contributed by atoms with Gasteiger partial charge in [-0.05, 0) is 35.4 Å². The lowest BCUT2D eigenvalue weighted by Gasteiger charge is -2.28. The van der Waals surface area contributed by atoms with Crippen LogP contribution in [0.5, 0.6) is 0 Å². The molecule has 118 valence electrons. The van der Waals surface area contributed by atoms with Gasteiger partial charge in [0.25, 0.3) is 0 Å². The molecule has 0 saturated carbocycles. The van der Waals surface area contributed by atoms with Crippen LogP contribution >= 0.6 is 0 Å². The largest absolute Gasteiger partial charge is 0.341 e. The number of rotatable bonds is 3. The molecule has 1 N–H and O–H groups in total. The van der Waals surface area contributed by atoms with Crippen LogP contribution < -0.4 is 5.32 Å². The number of halogens is 1. The van der Waals surface area contributed by atoms with E-state index in [0.717, 1.165) is 5.56 Å². The van der Waals surface area contributed by atoms with Crippen LogP contribution in [0, 0.1) is 5.82 Å². The number of fused-ring (bicyclic) bond motifs is 1. The first kappa shape index (κ1) is 15.1. The molecule has 1 aliphatic heterocycles. The van der Waals surface area contributed by atoms with Crippen LogP contribution in [0.25, 0.3) is 0 Å². The third-order valence-corrected chi connectivity index (χ3v) is 3.90. The van der Waals surface area contributed by atoms with E-state index in [1.807, 2.05) is 12.1 Å². The zero-order valence-electron chi connectivity index (χ0n) is 12.6. The van der Waals surface area contributed by atoms with Crippen molar-refractivity contribution in [2.45, 2.75) is 18.9 Å². The molecule has 1 aromatic heterocycles. The molecular weight excluding hydrogens is 297 g/mol. The molecule has 1 aromatic carbocycles. The van der Waals surface area contributed by atoms with Gasteiger partial charge in [-0.15, -0.1) is 0 Å². The smallest absolute Gasteiger partial charge is 0.230 e. The van der Waals surface area contributed by atoms with E-state index in [2.05, 4.69) is 10.3 Å². The van der Waals surface area contributed by atoms with Crippen molar-refractivity contribution in [3.05, 3.63) is 59.7 Å². The highest BCUT2D eigenvalue weighted by atomic mass is 19.1. The van der Waals surface area contributed by atoms with Crippen LogP contribution in [0.3, 0.4) is 0 Å². The summed E-state index contributed by atoms with van der Waals surface area (Å²) in [6, 6.07) is 7.78. The van der Waals surface area contributed by atoms with E-state index < -0.39 is 11.7 Å². The van der Waals surface area contributed by atoms with Crippen LogP contribution in [0.2, 0.25) is 0 Å². The van der Waals surface area contributed by atoms with Crippen molar-refractivity contribution in [1.82, 2.24) is 9.88 Å². The number of likely N-dealkylation sites (N-methyl/N-ethyl adjacent to an activating group) is 1. The molecule has 0 unspecified atom stereocenters. The van der Waals surface area contributed by atoms with Gasteiger partial charge in [0.2, 0.25) is 11.8 Å². The topological polar surface area (TPSA) is 62.3 Å². The average molecular weight is 313 g/mol. The predicted molar refractivity (Wildman–Crippen MR) is 83.1 cm³/mol. The molecule has 2 heterocycles. The number of anilines is 1. The third-order valence-electron chi connectivity index (χ3n) is 3.90. The Kier molecular flexibility index (Phi) is 4.06. The fraction of sp³-hybridized carbons (Fsp3) is 0.235. The first-order valence-corrected chi connectivity index (χ1v) is 7.28. The van der Waals surface area contributed by atoms with E-state index in [4.69, 9.17) is 0 Å². The number of nitrogens with one attached hydrogen (secondary N) is 1. The molecule has 1 atom stereocenters. The van der Waals surface area contributed by atoms with Crippen LogP contribution in [-0.4, -0.2) is 28.7 Å². The lowest BCUT2D eigenvalue weighted by atomic mass is 9.89. The zero-order valence-corrected chi connectivity index (χ0v) is 12.6. The van der Waals surface area contributed by atoms with E-state index in [1.165, 1.54) is 12.1 Å². The van der Waals surface area contributed by atoms with Crippen molar-refractivity contribution in [1.29, 1.82) is 0 Å². The lowest BCUT2D eigenvalue weighted by Crippen LogP contribution is -2.36. The van der Waals surface area contributed by atoms with Gasteiger partial charge >= 0.3 is 0 Å². The summed E-state index contributed by atoms with van der Waals surface area (Å²) in [6.45, 7) is 0.427. The number of hydrogen-bond acceptors (Lipinski definition) is 3.